The van der Waals surface area contributed by atoms with Crippen LogP contribution >= 0.6 is 0 Å². The summed E-state index contributed by atoms with van der Waals surface area (Å²) in [6, 6.07) is 3.63. The number of nitrogens with one attached hydrogen (secondary N) is 1. The van der Waals surface area contributed by atoms with Crippen molar-refractivity contribution < 1.29 is 30.0 Å². The van der Waals surface area contributed by atoms with E-state index in [9.17, 15) is 30.0 Å². The normalized spacial score (nSPS) is 17.2. The minimum Gasteiger partial charge on any atom is -0.343 e. The maximum Gasteiger partial charge on any atom is 0.404 e. The number of primary sulfonamides is 1. The molecule has 0 bridgehead atoms. The molecule has 1 heterocycles. The van der Waals surface area contributed by atoms with Gasteiger partial charge in [0.05, 0.1) is 4.90 Å². The molecule has 1 aromatic heterocycles. The molecule has 2 aromatic rings. The number of nitrogens with zero attached hydrogens (tertiary/aromatic N) is 1. The monoisotopic (exact) mass is 563 g/mol. The van der Waals surface area contributed by atoms with E-state index >= 15 is 0 Å². The third-order valence-corrected chi connectivity index (χ3v) is 9.61. The summed E-state index contributed by atoms with van der Waals surface area (Å²) in [7, 11) is -8.52. The van der Waals surface area contributed by atoms with Crippen molar-refractivity contribution in [2.75, 3.05) is 0 Å². The first kappa shape index (κ1) is 29.7. The number of aromatic nitrogens is 1. The smallest absolute Gasteiger partial charge is 0.343 e. The van der Waals surface area contributed by atoms with E-state index in [1.807, 2.05) is 4.57 Å². The third kappa shape index (κ3) is 6.76. The lowest BCUT2D eigenvalue weighted by atomic mass is 9.85. The molecule has 1 aliphatic rings. The number of alkyl halides is 3. The van der Waals surface area contributed by atoms with Gasteiger partial charge in [-0.3, -0.25) is 0 Å². The lowest BCUT2D eigenvalue weighted by Gasteiger charge is -2.26. The number of hydrogen-bond acceptors (Lipinski definition) is 4. The summed E-state index contributed by atoms with van der Waals surface area (Å²) in [5, 5.41) is 5.49. The molecule has 37 heavy (non-hydrogen) atoms. The van der Waals surface area contributed by atoms with E-state index in [2.05, 4.69) is 0 Å². The number of benzene rings is 1. The lowest BCUT2D eigenvalue weighted by molar-refractivity contribution is -0.147. The van der Waals surface area contributed by atoms with Crippen LogP contribution < -0.4 is 9.86 Å². The molecule has 3 rings (SSSR count). The highest BCUT2D eigenvalue weighted by Crippen LogP contribution is 2.37. The topological polar surface area (TPSA) is 111 Å². The van der Waals surface area contributed by atoms with Crippen molar-refractivity contribution in [1.29, 1.82) is 0 Å². The molecule has 1 fully saturated rings. The van der Waals surface area contributed by atoms with Crippen molar-refractivity contribution in [3.05, 3.63) is 35.5 Å². The summed E-state index contributed by atoms with van der Waals surface area (Å²) in [6.45, 7) is 8.32. The maximum absolute atomic E-state index is 13.1. The molecule has 1 unspecified atom stereocenters. The van der Waals surface area contributed by atoms with Crippen molar-refractivity contribution in [3.8, 4) is 11.3 Å². The zero-order valence-electron chi connectivity index (χ0n) is 21.8. The predicted molar refractivity (Wildman–Crippen MR) is 137 cm³/mol. The van der Waals surface area contributed by atoms with E-state index < -0.39 is 37.7 Å². The Labute approximate surface area is 217 Å². The molecule has 0 saturated heterocycles. The van der Waals surface area contributed by atoms with E-state index in [0.717, 1.165) is 32.6 Å². The fourth-order valence-electron chi connectivity index (χ4n) is 4.88. The molecule has 3 N–H and O–H groups in total. The Bertz CT molecular complexity index is 1350. The van der Waals surface area contributed by atoms with Crippen molar-refractivity contribution in [2.45, 2.75) is 101 Å². The van der Waals surface area contributed by atoms with E-state index in [-0.39, 0.29) is 9.79 Å². The summed E-state index contributed by atoms with van der Waals surface area (Å²) in [5.74, 6) is 0.363. The van der Waals surface area contributed by atoms with Crippen molar-refractivity contribution in [1.82, 2.24) is 9.29 Å². The van der Waals surface area contributed by atoms with Crippen LogP contribution in [0.15, 0.2) is 34.1 Å². The summed E-state index contributed by atoms with van der Waals surface area (Å²) < 4.78 is 93.6. The summed E-state index contributed by atoms with van der Waals surface area (Å²) >= 11 is 0. The van der Waals surface area contributed by atoms with Gasteiger partial charge in [-0.15, -0.1) is 0 Å². The van der Waals surface area contributed by atoms with Gasteiger partial charge in [0.15, 0.2) is 0 Å². The Morgan fingerprint density at radius 1 is 1.03 bits per heavy atom. The van der Waals surface area contributed by atoms with Crippen LogP contribution in [0.3, 0.4) is 0 Å². The van der Waals surface area contributed by atoms with Crippen LogP contribution in [0, 0.1) is 12.8 Å². The number of sulfonamides is 2. The van der Waals surface area contributed by atoms with Gasteiger partial charge in [-0.05, 0) is 67.3 Å². The lowest BCUT2D eigenvalue weighted by Crippen LogP contribution is -2.43. The van der Waals surface area contributed by atoms with Gasteiger partial charge >= 0.3 is 6.18 Å². The van der Waals surface area contributed by atoms with Gasteiger partial charge in [0.25, 0.3) is 0 Å². The molecule has 1 saturated carbocycles. The van der Waals surface area contributed by atoms with Gasteiger partial charge < -0.3 is 4.57 Å². The number of hydrogen-bond donors (Lipinski definition) is 2. The van der Waals surface area contributed by atoms with Crippen LogP contribution in [0.1, 0.15) is 71.1 Å². The molecule has 1 aromatic carbocycles. The van der Waals surface area contributed by atoms with E-state index in [1.165, 1.54) is 24.6 Å². The number of rotatable bonds is 7. The van der Waals surface area contributed by atoms with Crippen LogP contribution in [-0.2, 0) is 32.0 Å². The zero-order valence-corrected chi connectivity index (χ0v) is 23.4. The van der Waals surface area contributed by atoms with Gasteiger partial charge in [-0.2, -0.15) is 17.9 Å². The molecule has 7 nitrogen and oxygen atoms in total. The molecule has 0 amide bonds. The third-order valence-electron chi connectivity index (χ3n) is 6.99. The van der Waals surface area contributed by atoms with Gasteiger partial charge in [0.1, 0.15) is 10.9 Å². The van der Waals surface area contributed by atoms with E-state index in [0.29, 0.717) is 35.0 Å². The quantitative estimate of drug-likeness (QED) is 0.481. The minimum absolute atomic E-state index is 0.00650. The molecule has 0 aliphatic heterocycles. The molecule has 1 atom stereocenters. The van der Waals surface area contributed by atoms with Crippen LogP contribution in [0.25, 0.3) is 11.3 Å². The van der Waals surface area contributed by atoms with Crippen LogP contribution in [0.5, 0.6) is 0 Å². The second-order valence-electron chi connectivity index (χ2n) is 11.0. The highest BCUT2D eigenvalue weighted by Gasteiger charge is 2.40. The Hall–Kier alpha value is -1.89. The first-order valence-corrected chi connectivity index (χ1v) is 15.3. The zero-order chi connectivity index (χ0) is 28.0. The molecule has 0 radical (unpaired) electrons. The fourth-order valence-corrected chi connectivity index (χ4v) is 7.31. The maximum atomic E-state index is 13.1. The molecule has 0 spiro atoms. The highest BCUT2D eigenvalue weighted by molar-refractivity contribution is 7.89. The first-order valence-electron chi connectivity index (χ1n) is 12.3. The molecular weight excluding hydrogens is 527 g/mol. The summed E-state index contributed by atoms with van der Waals surface area (Å²) in [5.41, 5.74) is 1.18. The second kappa shape index (κ2) is 10.3. The number of nitrogens with two attached hydrogens (primary N) is 1. The van der Waals surface area contributed by atoms with Gasteiger partial charge in [0, 0.05) is 17.9 Å². The first-order chi connectivity index (χ1) is 16.8. The van der Waals surface area contributed by atoms with E-state index in [4.69, 9.17) is 5.14 Å². The van der Waals surface area contributed by atoms with Crippen molar-refractivity contribution in [2.24, 2.45) is 11.1 Å². The Morgan fingerprint density at radius 2 is 1.62 bits per heavy atom. The van der Waals surface area contributed by atoms with Crippen LogP contribution in [0.4, 0.5) is 13.2 Å². The standard InChI is InChI=1S/C25H36F3N3O4S2/c1-16-23(36(29,32)33)14-21(31(16)15-18-9-7-6-8-10-18)19-11-12-22(20(13-19)24(3,4)5)37(34,35)30-17(2)25(26,27)28/h11-14,17-18,30H,6-10,15H2,1-5H3,(H2,29,32,33). The average Bonchev–Trinajstić information content (AvgIpc) is 3.09. The van der Waals surface area contributed by atoms with Crippen molar-refractivity contribution in [3.63, 3.8) is 0 Å². The summed E-state index contributed by atoms with van der Waals surface area (Å²) in [4.78, 5) is -0.262. The second-order valence-corrected chi connectivity index (χ2v) is 14.2. The molecular formula is C25H36F3N3O4S2. The average molecular weight is 564 g/mol. The Kier molecular flexibility index (Phi) is 8.30. The highest BCUT2D eigenvalue weighted by atomic mass is 32.2. The Balaban J connectivity index is 2.17. The van der Waals surface area contributed by atoms with Crippen LogP contribution in [-0.4, -0.2) is 33.6 Å². The molecule has 12 heteroatoms. The minimum atomic E-state index is -4.74. The van der Waals surface area contributed by atoms with E-state index in [1.54, 1.807) is 38.5 Å². The van der Waals surface area contributed by atoms with Crippen LogP contribution in [0.2, 0.25) is 0 Å². The predicted octanol–water partition coefficient (Wildman–Crippen LogP) is 5.22. The van der Waals surface area contributed by atoms with Gasteiger partial charge in [-0.25, -0.2) is 22.0 Å². The largest absolute Gasteiger partial charge is 0.404 e. The Morgan fingerprint density at radius 3 is 2.14 bits per heavy atom. The molecule has 208 valence electrons. The number of halogens is 3. The summed E-state index contributed by atoms with van der Waals surface area (Å²) in [6.07, 6.45) is 0.683. The van der Waals surface area contributed by atoms with Gasteiger partial charge in [-0.1, -0.05) is 46.1 Å². The van der Waals surface area contributed by atoms with Gasteiger partial charge in [0.2, 0.25) is 20.0 Å². The fraction of sp³-hybridized carbons (Fsp3) is 0.600. The van der Waals surface area contributed by atoms with Crippen molar-refractivity contribution >= 4 is 20.0 Å². The SMILES string of the molecule is Cc1c(S(N)(=O)=O)cc(-c2ccc(S(=O)(=O)NC(C)C(F)(F)F)c(C(C)(C)C)c2)n1CC1CCCCC1. The molecule has 1 aliphatic carbocycles.